The molecule has 1 aromatic heterocycles. The van der Waals surface area contributed by atoms with E-state index in [1.807, 2.05) is 39.9 Å². The number of hydrogen-bond donors (Lipinski definition) is 0. The topological polar surface area (TPSA) is 84.7 Å². The van der Waals surface area contributed by atoms with E-state index in [4.69, 9.17) is 9.84 Å². The lowest BCUT2D eigenvalue weighted by molar-refractivity contribution is -0.156. The van der Waals surface area contributed by atoms with Crippen LogP contribution in [0.4, 0.5) is 0 Å². The van der Waals surface area contributed by atoms with Gasteiger partial charge in [0.1, 0.15) is 5.60 Å². The number of benzene rings is 1. The van der Waals surface area contributed by atoms with Crippen molar-refractivity contribution in [2.24, 2.45) is 5.92 Å². The average molecular weight is 465 g/mol. The van der Waals surface area contributed by atoms with E-state index < -0.39 is 11.5 Å². The highest BCUT2D eigenvalue weighted by molar-refractivity contribution is 5.94. The standard InChI is InChI=1S/C26H32N4O4/c1-28(2)25(33)23-19-17-29(14-11-21(19)30(27-23)16-18-9-5-3-6-10-18)24(32)20-15-22(31)34-26(20)12-7-4-8-13-26/h3,5-6,9-10,20H,4,7-8,11-17H2,1-2H3. The Labute approximate surface area is 199 Å². The number of carbonyl (C=O) groups excluding carboxylic acids is 3. The van der Waals surface area contributed by atoms with Gasteiger partial charge in [0, 0.05) is 44.9 Å². The molecule has 3 heterocycles. The second-order valence-electron chi connectivity index (χ2n) is 9.98. The van der Waals surface area contributed by atoms with Crippen LogP contribution in [0.25, 0.3) is 0 Å². The maximum Gasteiger partial charge on any atom is 0.307 e. The highest BCUT2D eigenvalue weighted by atomic mass is 16.6. The van der Waals surface area contributed by atoms with Crippen molar-refractivity contribution in [3.05, 3.63) is 52.8 Å². The molecule has 8 heteroatoms. The molecule has 2 fully saturated rings. The summed E-state index contributed by atoms with van der Waals surface area (Å²) in [6.45, 7) is 1.45. The molecule has 0 N–H and O–H groups in total. The molecule has 2 aliphatic heterocycles. The van der Waals surface area contributed by atoms with Crippen LogP contribution < -0.4 is 0 Å². The molecule has 2 aromatic rings. The van der Waals surface area contributed by atoms with E-state index in [-0.39, 0.29) is 24.2 Å². The molecular formula is C26H32N4O4. The zero-order valence-electron chi connectivity index (χ0n) is 20.0. The molecule has 2 amide bonds. The van der Waals surface area contributed by atoms with Crippen molar-refractivity contribution in [3.63, 3.8) is 0 Å². The molecule has 5 rings (SSSR count). The minimum Gasteiger partial charge on any atom is -0.458 e. The molecule has 1 saturated carbocycles. The first kappa shape index (κ1) is 22.6. The lowest BCUT2D eigenvalue weighted by Crippen LogP contribution is -2.48. The van der Waals surface area contributed by atoms with Gasteiger partial charge in [0.2, 0.25) is 5.91 Å². The Kier molecular flexibility index (Phi) is 5.91. The maximum atomic E-state index is 13.7. The molecule has 1 spiro atoms. The third-order valence-corrected chi connectivity index (χ3v) is 7.55. The summed E-state index contributed by atoms with van der Waals surface area (Å²) in [5.74, 6) is -0.899. The Morgan fingerprint density at radius 3 is 2.59 bits per heavy atom. The van der Waals surface area contributed by atoms with Gasteiger partial charge in [0.05, 0.1) is 18.9 Å². The van der Waals surface area contributed by atoms with Gasteiger partial charge in [-0.2, -0.15) is 5.10 Å². The van der Waals surface area contributed by atoms with E-state index in [0.717, 1.165) is 48.9 Å². The van der Waals surface area contributed by atoms with Crippen LogP contribution in [0.2, 0.25) is 0 Å². The summed E-state index contributed by atoms with van der Waals surface area (Å²) in [7, 11) is 3.43. The highest BCUT2D eigenvalue weighted by Gasteiger charge is 2.54. The molecule has 1 atom stereocenters. The predicted molar refractivity (Wildman–Crippen MR) is 125 cm³/mol. The highest BCUT2D eigenvalue weighted by Crippen LogP contribution is 2.45. The van der Waals surface area contributed by atoms with Crippen LogP contribution >= 0.6 is 0 Å². The van der Waals surface area contributed by atoms with Gasteiger partial charge in [-0.25, -0.2) is 0 Å². The zero-order valence-corrected chi connectivity index (χ0v) is 20.0. The fourth-order valence-corrected chi connectivity index (χ4v) is 5.78. The second-order valence-corrected chi connectivity index (χ2v) is 9.98. The van der Waals surface area contributed by atoms with Gasteiger partial charge in [-0.15, -0.1) is 0 Å². The Bertz CT molecular complexity index is 1100. The van der Waals surface area contributed by atoms with E-state index in [2.05, 4.69) is 0 Å². The number of rotatable bonds is 4. The van der Waals surface area contributed by atoms with Crippen LogP contribution in [-0.4, -0.2) is 63.6 Å². The first-order valence-corrected chi connectivity index (χ1v) is 12.2. The third kappa shape index (κ3) is 3.99. The molecule has 180 valence electrons. The minimum atomic E-state index is -0.646. The smallest absolute Gasteiger partial charge is 0.307 e. The van der Waals surface area contributed by atoms with Crippen LogP contribution in [0.1, 0.15) is 65.8 Å². The number of ether oxygens (including phenoxy) is 1. The second kappa shape index (κ2) is 8.89. The molecule has 34 heavy (non-hydrogen) atoms. The van der Waals surface area contributed by atoms with Crippen LogP contribution in [0, 0.1) is 5.92 Å². The minimum absolute atomic E-state index is 0.0301. The van der Waals surface area contributed by atoms with Crippen LogP contribution in [0.5, 0.6) is 0 Å². The predicted octanol–water partition coefficient (Wildman–Crippen LogP) is 2.78. The normalized spacial score (nSPS) is 21.3. The Hall–Kier alpha value is -3.16. The summed E-state index contributed by atoms with van der Waals surface area (Å²) in [5, 5.41) is 4.70. The fourth-order valence-electron chi connectivity index (χ4n) is 5.78. The van der Waals surface area contributed by atoms with Crippen LogP contribution in [0.3, 0.4) is 0 Å². The van der Waals surface area contributed by atoms with Gasteiger partial charge in [-0.1, -0.05) is 36.8 Å². The summed E-state index contributed by atoms with van der Waals surface area (Å²) in [6, 6.07) is 10.0. The summed E-state index contributed by atoms with van der Waals surface area (Å²) in [4.78, 5) is 42.3. The van der Waals surface area contributed by atoms with Crippen molar-refractivity contribution in [2.75, 3.05) is 20.6 Å². The van der Waals surface area contributed by atoms with Crippen molar-refractivity contribution in [1.29, 1.82) is 0 Å². The third-order valence-electron chi connectivity index (χ3n) is 7.55. The Balaban J connectivity index is 1.44. The number of carbonyl (C=O) groups is 3. The van der Waals surface area contributed by atoms with Gasteiger partial charge in [0.15, 0.2) is 5.69 Å². The molecule has 0 bridgehead atoms. The molecule has 1 aromatic carbocycles. The lowest BCUT2D eigenvalue weighted by Gasteiger charge is -2.39. The van der Waals surface area contributed by atoms with Gasteiger partial charge < -0.3 is 14.5 Å². The van der Waals surface area contributed by atoms with E-state index >= 15 is 0 Å². The molecule has 3 aliphatic rings. The maximum absolute atomic E-state index is 13.7. The zero-order chi connectivity index (χ0) is 23.9. The number of nitrogens with zero attached hydrogens (tertiary/aromatic N) is 4. The average Bonchev–Trinajstić information content (AvgIpc) is 3.35. The number of esters is 1. The van der Waals surface area contributed by atoms with Crippen molar-refractivity contribution in [3.8, 4) is 0 Å². The number of hydrogen-bond acceptors (Lipinski definition) is 5. The van der Waals surface area contributed by atoms with Crippen molar-refractivity contribution < 1.29 is 19.1 Å². The fraction of sp³-hybridized carbons (Fsp3) is 0.538. The molecular weight excluding hydrogens is 432 g/mol. The summed E-state index contributed by atoms with van der Waals surface area (Å²) in [5.41, 5.74) is 2.68. The summed E-state index contributed by atoms with van der Waals surface area (Å²) < 4.78 is 7.69. The number of fused-ring (bicyclic) bond motifs is 1. The molecule has 0 radical (unpaired) electrons. The SMILES string of the molecule is CN(C)C(=O)c1nn(Cc2ccccc2)c2c1CN(C(=O)C1CC(=O)OC13CCCCC3)CC2. The lowest BCUT2D eigenvalue weighted by atomic mass is 9.75. The summed E-state index contributed by atoms with van der Waals surface area (Å²) in [6.07, 6.45) is 5.37. The van der Waals surface area contributed by atoms with Gasteiger partial charge in [-0.05, 0) is 31.2 Å². The first-order chi connectivity index (χ1) is 16.4. The van der Waals surface area contributed by atoms with Crippen molar-refractivity contribution in [2.45, 2.75) is 63.6 Å². The Morgan fingerprint density at radius 1 is 1.15 bits per heavy atom. The van der Waals surface area contributed by atoms with E-state index in [1.165, 1.54) is 4.90 Å². The largest absolute Gasteiger partial charge is 0.458 e. The van der Waals surface area contributed by atoms with E-state index in [9.17, 15) is 14.4 Å². The number of aromatic nitrogens is 2. The molecule has 1 saturated heterocycles. The molecule has 1 aliphatic carbocycles. The van der Waals surface area contributed by atoms with Crippen molar-refractivity contribution in [1.82, 2.24) is 19.6 Å². The Morgan fingerprint density at radius 2 is 1.88 bits per heavy atom. The first-order valence-electron chi connectivity index (χ1n) is 12.2. The number of amides is 2. The monoisotopic (exact) mass is 464 g/mol. The molecule has 1 unspecified atom stereocenters. The van der Waals surface area contributed by atoms with Crippen LogP contribution in [-0.2, 0) is 33.8 Å². The van der Waals surface area contributed by atoms with E-state index in [1.54, 1.807) is 14.1 Å². The van der Waals surface area contributed by atoms with E-state index in [0.29, 0.717) is 31.7 Å². The quantitative estimate of drug-likeness (QED) is 0.650. The van der Waals surface area contributed by atoms with Gasteiger partial charge in [-0.3, -0.25) is 19.1 Å². The van der Waals surface area contributed by atoms with Gasteiger partial charge in [0.25, 0.3) is 5.91 Å². The summed E-state index contributed by atoms with van der Waals surface area (Å²) >= 11 is 0. The van der Waals surface area contributed by atoms with Crippen molar-refractivity contribution >= 4 is 17.8 Å². The molecule has 8 nitrogen and oxygen atoms in total. The van der Waals surface area contributed by atoms with Gasteiger partial charge >= 0.3 is 5.97 Å². The van der Waals surface area contributed by atoms with Crippen LogP contribution in [0.15, 0.2) is 30.3 Å².